The number of piperidine rings is 1. The summed E-state index contributed by atoms with van der Waals surface area (Å²) in [6, 6.07) is 4.78. The van der Waals surface area contributed by atoms with Gasteiger partial charge in [0.1, 0.15) is 11.6 Å². The fourth-order valence-corrected chi connectivity index (χ4v) is 4.77. The average Bonchev–Trinajstić information content (AvgIpc) is 3.58. The Balaban J connectivity index is 1.30. The molecule has 0 bridgehead atoms. The molecule has 36 heavy (non-hydrogen) atoms. The Hall–Kier alpha value is -3.50. The SMILES string of the molecule is Cc1nccn1-c1ccc(C(=O)N(C2CC2)C2CCN(c3ncc(C(F)(F)F)cc3F)CC2)cc1F. The maximum atomic E-state index is 14.9. The van der Waals surface area contributed by atoms with Crippen LogP contribution in [-0.2, 0) is 6.18 Å². The topological polar surface area (TPSA) is 54.3 Å². The van der Waals surface area contributed by atoms with E-state index in [2.05, 4.69) is 9.97 Å². The van der Waals surface area contributed by atoms with Crippen LogP contribution in [-0.4, -0.2) is 50.5 Å². The minimum absolute atomic E-state index is 0.0635. The Labute approximate surface area is 204 Å². The van der Waals surface area contributed by atoms with Crippen molar-refractivity contribution in [3.8, 4) is 5.69 Å². The molecule has 1 saturated carbocycles. The van der Waals surface area contributed by atoms with Gasteiger partial charge in [0.15, 0.2) is 11.6 Å². The lowest BCUT2D eigenvalue weighted by Gasteiger charge is -2.39. The molecule has 6 nitrogen and oxygen atoms in total. The van der Waals surface area contributed by atoms with E-state index in [1.54, 1.807) is 45.8 Å². The molecule has 1 saturated heterocycles. The van der Waals surface area contributed by atoms with Gasteiger partial charge < -0.3 is 14.4 Å². The number of halogens is 5. The highest BCUT2D eigenvalue weighted by molar-refractivity contribution is 5.95. The van der Waals surface area contributed by atoms with E-state index in [9.17, 15) is 26.7 Å². The number of hydrogen-bond acceptors (Lipinski definition) is 4. The van der Waals surface area contributed by atoms with Gasteiger partial charge in [-0.2, -0.15) is 13.2 Å². The van der Waals surface area contributed by atoms with Crippen molar-refractivity contribution in [2.75, 3.05) is 18.0 Å². The van der Waals surface area contributed by atoms with E-state index in [0.29, 0.717) is 49.7 Å². The summed E-state index contributed by atoms with van der Waals surface area (Å²) >= 11 is 0. The zero-order chi connectivity index (χ0) is 25.6. The predicted molar refractivity (Wildman–Crippen MR) is 122 cm³/mol. The Kier molecular flexibility index (Phi) is 6.17. The number of hydrogen-bond donors (Lipinski definition) is 0. The summed E-state index contributed by atoms with van der Waals surface area (Å²) in [6.45, 7) is 2.43. The van der Waals surface area contributed by atoms with E-state index >= 15 is 0 Å². The Morgan fingerprint density at radius 2 is 1.69 bits per heavy atom. The molecule has 5 rings (SSSR count). The number of carbonyl (C=O) groups is 1. The van der Waals surface area contributed by atoms with E-state index in [1.807, 2.05) is 0 Å². The number of amides is 1. The lowest BCUT2D eigenvalue weighted by atomic mass is 10.0. The van der Waals surface area contributed by atoms with Crippen LogP contribution in [0, 0.1) is 18.6 Å². The van der Waals surface area contributed by atoms with Gasteiger partial charge in [0.25, 0.3) is 5.91 Å². The second-order valence-corrected chi connectivity index (χ2v) is 9.20. The number of aromatic nitrogens is 3. The molecule has 0 N–H and O–H groups in total. The number of pyridine rings is 1. The van der Waals surface area contributed by atoms with Gasteiger partial charge in [0, 0.05) is 49.3 Å². The van der Waals surface area contributed by atoms with Crippen LogP contribution in [0.15, 0.2) is 42.9 Å². The summed E-state index contributed by atoms with van der Waals surface area (Å²) in [6.07, 6.45) is 1.90. The number of benzene rings is 1. The first-order valence-corrected chi connectivity index (χ1v) is 11.7. The molecular formula is C25H24F5N5O. The van der Waals surface area contributed by atoms with E-state index in [1.165, 1.54) is 6.07 Å². The van der Waals surface area contributed by atoms with Crippen molar-refractivity contribution in [3.05, 3.63) is 71.4 Å². The van der Waals surface area contributed by atoms with Crippen molar-refractivity contribution in [1.82, 2.24) is 19.4 Å². The van der Waals surface area contributed by atoms with Crippen molar-refractivity contribution in [2.45, 2.75) is 50.9 Å². The minimum atomic E-state index is -4.67. The first-order chi connectivity index (χ1) is 17.1. The molecule has 1 amide bonds. The summed E-state index contributed by atoms with van der Waals surface area (Å²) in [5, 5.41) is 0. The zero-order valence-corrected chi connectivity index (χ0v) is 19.5. The molecule has 2 aliphatic rings. The third-order valence-electron chi connectivity index (χ3n) is 6.76. The van der Waals surface area contributed by atoms with Crippen molar-refractivity contribution >= 4 is 11.7 Å². The molecule has 0 spiro atoms. The van der Waals surface area contributed by atoms with Gasteiger partial charge in [0.05, 0.1) is 11.3 Å². The van der Waals surface area contributed by atoms with Crippen LogP contribution in [0.4, 0.5) is 27.8 Å². The molecule has 3 heterocycles. The maximum absolute atomic E-state index is 14.9. The fourth-order valence-electron chi connectivity index (χ4n) is 4.77. The van der Waals surface area contributed by atoms with Crippen LogP contribution in [0.5, 0.6) is 0 Å². The van der Waals surface area contributed by atoms with Gasteiger partial charge in [-0.15, -0.1) is 0 Å². The van der Waals surface area contributed by atoms with Crippen LogP contribution in [0.3, 0.4) is 0 Å². The second kappa shape index (κ2) is 9.18. The van der Waals surface area contributed by atoms with Crippen LogP contribution >= 0.6 is 0 Å². The smallest absolute Gasteiger partial charge is 0.354 e. The lowest BCUT2D eigenvalue weighted by Crippen LogP contribution is -2.48. The van der Waals surface area contributed by atoms with Crippen molar-refractivity contribution in [3.63, 3.8) is 0 Å². The van der Waals surface area contributed by atoms with Gasteiger partial charge in [-0.05, 0) is 56.9 Å². The average molecular weight is 505 g/mol. The number of imidazole rings is 1. The van der Waals surface area contributed by atoms with Gasteiger partial charge >= 0.3 is 6.18 Å². The molecule has 2 aromatic heterocycles. The molecule has 3 aromatic rings. The first kappa shape index (κ1) is 24.2. The first-order valence-electron chi connectivity index (χ1n) is 11.7. The molecule has 0 unspecified atom stereocenters. The molecule has 2 fully saturated rings. The van der Waals surface area contributed by atoms with E-state index < -0.39 is 23.4 Å². The highest BCUT2D eigenvalue weighted by Crippen LogP contribution is 2.35. The van der Waals surface area contributed by atoms with Crippen molar-refractivity contribution < 1.29 is 26.7 Å². The summed E-state index contributed by atoms with van der Waals surface area (Å²) in [4.78, 5) is 24.6. The number of carbonyl (C=O) groups excluding carboxylic acids is 1. The Bertz CT molecular complexity index is 1280. The van der Waals surface area contributed by atoms with Gasteiger partial charge in [-0.1, -0.05) is 0 Å². The molecule has 1 aliphatic heterocycles. The predicted octanol–water partition coefficient (Wildman–Crippen LogP) is 5.15. The van der Waals surface area contributed by atoms with Gasteiger partial charge in [0.2, 0.25) is 0 Å². The zero-order valence-electron chi connectivity index (χ0n) is 19.5. The van der Waals surface area contributed by atoms with Crippen LogP contribution in [0.25, 0.3) is 5.69 Å². The number of rotatable bonds is 5. The summed E-state index contributed by atoms with van der Waals surface area (Å²) in [7, 11) is 0. The third kappa shape index (κ3) is 4.66. The molecule has 0 atom stereocenters. The lowest BCUT2D eigenvalue weighted by molar-refractivity contribution is -0.138. The third-order valence-corrected chi connectivity index (χ3v) is 6.76. The van der Waals surface area contributed by atoms with Crippen molar-refractivity contribution in [2.24, 2.45) is 0 Å². The standard InChI is InChI=1S/C25H24F5N5O/c1-15-31-8-11-34(15)22-5-2-16(12-20(22)26)24(36)35(18-3-4-18)19-6-9-33(10-7-19)23-21(27)13-17(14-32-23)25(28,29)30/h2,5,8,11-14,18-19H,3-4,6-7,9-10H2,1H3. The van der Waals surface area contributed by atoms with Crippen LogP contribution in [0.1, 0.15) is 47.4 Å². The Morgan fingerprint density at radius 3 is 2.25 bits per heavy atom. The molecule has 1 aliphatic carbocycles. The summed E-state index contributed by atoms with van der Waals surface area (Å²) in [5.41, 5.74) is -0.580. The number of nitrogens with zero attached hydrogens (tertiary/aromatic N) is 5. The normalized spacial score (nSPS) is 16.9. The second-order valence-electron chi connectivity index (χ2n) is 9.20. The van der Waals surface area contributed by atoms with Gasteiger partial charge in [-0.3, -0.25) is 4.79 Å². The maximum Gasteiger partial charge on any atom is 0.417 e. The highest BCUT2D eigenvalue weighted by atomic mass is 19.4. The number of anilines is 1. The van der Waals surface area contributed by atoms with E-state index in [-0.39, 0.29) is 29.4 Å². The minimum Gasteiger partial charge on any atom is -0.354 e. The summed E-state index contributed by atoms with van der Waals surface area (Å²) < 4.78 is 69.4. The Morgan fingerprint density at radius 1 is 1.00 bits per heavy atom. The van der Waals surface area contributed by atoms with Crippen molar-refractivity contribution in [1.29, 1.82) is 0 Å². The van der Waals surface area contributed by atoms with E-state index in [0.717, 1.165) is 12.8 Å². The molecule has 1 aromatic carbocycles. The van der Waals surface area contributed by atoms with Crippen LogP contribution < -0.4 is 4.90 Å². The molecular weight excluding hydrogens is 481 g/mol. The van der Waals surface area contributed by atoms with E-state index in [4.69, 9.17) is 0 Å². The highest BCUT2D eigenvalue weighted by Gasteiger charge is 2.40. The van der Waals surface area contributed by atoms with Gasteiger partial charge in [-0.25, -0.2) is 18.7 Å². The fraction of sp³-hybridized carbons (Fsp3) is 0.400. The quantitative estimate of drug-likeness (QED) is 0.451. The molecule has 0 radical (unpaired) electrons. The molecule has 190 valence electrons. The molecule has 11 heteroatoms. The van der Waals surface area contributed by atoms with Crippen LogP contribution in [0.2, 0.25) is 0 Å². The number of aryl methyl sites for hydroxylation is 1. The largest absolute Gasteiger partial charge is 0.417 e. The monoisotopic (exact) mass is 505 g/mol. The number of alkyl halides is 3. The summed E-state index contributed by atoms with van der Waals surface area (Å²) in [5.74, 6) is -1.32.